The average Bonchev–Trinajstić information content (AvgIpc) is 2.60. The van der Waals surface area contributed by atoms with Crippen LogP contribution in [0.2, 0.25) is 0 Å². The number of amides is 2. The van der Waals surface area contributed by atoms with Crippen molar-refractivity contribution in [1.29, 1.82) is 0 Å². The smallest absolute Gasteiger partial charge is 0.273 e. The Morgan fingerprint density at radius 1 is 1.21 bits per heavy atom. The number of carbonyl (C=O) groups excluding carboxylic acids is 2. The molecular formula is C13H11ClFNO3. The van der Waals surface area contributed by atoms with Gasteiger partial charge < -0.3 is 4.74 Å². The fourth-order valence-electron chi connectivity index (χ4n) is 1.80. The predicted octanol–water partition coefficient (Wildman–Crippen LogP) is 1.79. The zero-order chi connectivity index (χ0) is 14.0. The quantitative estimate of drug-likeness (QED) is 0.792. The van der Waals surface area contributed by atoms with Crippen LogP contribution in [0.3, 0.4) is 0 Å². The van der Waals surface area contributed by atoms with Gasteiger partial charge in [-0.25, -0.2) is 4.39 Å². The standard InChI is InChI=1S/C13H11ClFNO3/c1-19-7-6-16-12(17)10(11(14)13(16)18)8-2-4-9(15)5-3-8/h2-5H,6-7H2,1H3. The third kappa shape index (κ3) is 2.52. The largest absolute Gasteiger partial charge is 0.383 e. The molecule has 19 heavy (non-hydrogen) atoms. The second-order valence-corrected chi connectivity index (χ2v) is 4.33. The molecule has 0 unspecified atom stereocenters. The molecule has 4 nitrogen and oxygen atoms in total. The van der Waals surface area contributed by atoms with E-state index in [0.717, 1.165) is 4.90 Å². The van der Waals surface area contributed by atoms with Crippen molar-refractivity contribution >= 4 is 29.0 Å². The average molecular weight is 284 g/mol. The summed E-state index contributed by atoms with van der Waals surface area (Å²) >= 11 is 5.90. The lowest BCUT2D eigenvalue weighted by Gasteiger charge is -2.13. The Hall–Kier alpha value is -1.72. The van der Waals surface area contributed by atoms with E-state index in [1.54, 1.807) is 0 Å². The lowest BCUT2D eigenvalue weighted by molar-refractivity contribution is -0.137. The predicted molar refractivity (Wildman–Crippen MR) is 67.8 cm³/mol. The van der Waals surface area contributed by atoms with E-state index in [-0.39, 0.29) is 23.8 Å². The fraction of sp³-hybridized carbons (Fsp3) is 0.231. The molecule has 100 valence electrons. The first kappa shape index (κ1) is 13.7. The first-order valence-corrected chi connectivity index (χ1v) is 5.95. The van der Waals surface area contributed by atoms with Crippen molar-refractivity contribution in [2.45, 2.75) is 0 Å². The summed E-state index contributed by atoms with van der Waals surface area (Å²) in [6, 6.07) is 5.25. The zero-order valence-corrected chi connectivity index (χ0v) is 10.9. The molecule has 0 N–H and O–H groups in total. The third-order valence-corrected chi connectivity index (χ3v) is 3.11. The Labute approximate surface area is 114 Å². The number of carbonyl (C=O) groups is 2. The van der Waals surface area contributed by atoms with Gasteiger partial charge in [0, 0.05) is 7.11 Å². The molecule has 1 aliphatic rings. The minimum atomic E-state index is -0.553. The number of nitrogens with zero attached hydrogens (tertiary/aromatic N) is 1. The van der Waals surface area contributed by atoms with Crippen LogP contribution in [0.25, 0.3) is 5.57 Å². The highest BCUT2D eigenvalue weighted by molar-refractivity contribution is 6.55. The van der Waals surface area contributed by atoms with E-state index in [0.29, 0.717) is 5.56 Å². The summed E-state index contributed by atoms with van der Waals surface area (Å²) in [6.07, 6.45) is 0. The van der Waals surface area contributed by atoms with E-state index in [4.69, 9.17) is 16.3 Å². The lowest BCUT2D eigenvalue weighted by Crippen LogP contribution is -2.34. The molecule has 6 heteroatoms. The minimum Gasteiger partial charge on any atom is -0.383 e. The highest BCUT2D eigenvalue weighted by Crippen LogP contribution is 2.31. The molecule has 0 aliphatic carbocycles. The Kier molecular flexibility index (Phi) is 3.97. The third-order valence-electron chi connectivity index (χ3n) is 2.76. The SMILES string of the molecule is COCCN1C(=O)C(Cl)=C(c2ccc(F)cc2)C1=O. The van der Waals surface area contributed by atoms with Gasteiger partial charge in [-0.2, -0.15) is 0 Å². The number of imide groups is 1. The number of halogens is 2. The summed E-state index contributed by atoms with van der Waals surface area (Å²) in [5.74, 6) is -1.46. The molecule has 2 rings (SSSR count). The molecule has 1 heterocycles. The van der Waals surface area contributed by atoms with Crippen molar-refractivity contribution in [3.05, 3.63) is 40.7 Å². The first-order valence-electron chi connectivity index (χ1n) is 5.57. The maximum Gasteiger partial charge on any atom is 0.273 e. The van der Waals surface area contributed by atoms with Gasteiger partial charge in [-0.15, -0.1) is 0 Å². The van der Waals surface area contributed by atoms with Gasteiger partial charge in [0.2, 0.25) is 0 Å². The van der Waals surface area contributed by atoms with Gasteiger partial charge >= 0.3 is 0 Å². The Morgan fingerprint density at radius 2 is 1.84 bits per heavy atom. The van der Waals surface area contributed by atoms with Crippen LogP contribution in [0.1, 0.15) is 5.56 Å². The van der Waals surface area contributed by atoms with Crippen molar-refractivity contribution in [1.82, 2.24) is 4.90 Å². The van der Waals surface area contributed by atoms with Crippen LogP contribution in [-0.2, 0) is 14.3 Å². The lowest BCUT2D eigenvalue weighted by atomic mass is 10.1. The zero-order valence-electron chi connectivity index (χ0n) is 10.2. The summed E-state index contributed by atoms with van der Waals surface area (Å²) in [4.78, 5) is 25.0. The molecule has 1 aliphatic heterocycles. The summed E-state index contributed by atoms with van der Waals surface area (Å²) in [7, 11) is 1.47. The van der Waals surface area contributed by atoms with Crippen molar-refractivity contribution in [3.63, 3.8) is 0 Å². The van der Waals surface area contributed by atoms with Gasteiger partial charge in [0.25, 0.3) is 11.8 Å². The molecule has 1 aromatic carbocycles. The normalized spacial score (nSPS) is 15.6. The van der Waals surface area contributed by atoms with Crippen LogP contribution >= 0.6 is 11.6 Å². The molecule has 0 radical (unpaired) electrons. The van der Waals surface area contributed by atoms with Crippen LogP contribution in [0.5, 0.6) is 0 Å². The van der Waals surface area contributed by atoms with Crippen LogP contribution in [-0.4, -0.2) is 37.0 Å². The molecule has 0 saturated heterocycles. The van der Waals surface area contributed by atoms with Crippen molar-refractivity contribution in [2.75, 3.05) is 20.3 Å². The van der Waals surface area contributed by atoms with Gasteiger partial charge in [-0.3, -0.25) is 14.5 Å². The number of hydrogen-bond acceptors (Lipinski definition) is 3. The number of rotatable bonds is 4. The Bertz CT molecular complexity index is 554. The second-order valence-electron chi connectivity index (χ2n) is 3.95. The summed E-state index contributed by atoms with van der Waals surface area (Å²) in [5, 5.41) is -0.146. The highest BCUT2D eigenvalue weighted by Gasteiger charge is 2.37. The van der Waals surface area contributed by atoms with Gasteiger partial charge in [0.1, 0.15) is 10.8 Å². The van der Waals surface area contributed by atoms with E-state index in [1.807, 2.05) is 0 Å². The van der Waals surface area contributed by atoms with Crippen LogP contribution < -0.4 is 0 Å². The van der Waals surface area contributed by atoms with Gasteiger partial charge in [-0.1, -0.05) is 23.7 Å². The van der Waals surface area contributed by atoms with Gasteiger partial charge in [0.15, 0.2) is 0 Å². The maximum atomic E-state index is 12.9. The maximum absolute atomic E-state index is 12.9. The molecule has 2 amide bonds. The van der Waals surface area contributed by atoms with E-state index >= 15 is 0 Å². The Balaban J connectivity index is 2.32. The molecule has 0 spiro atoms. The topological polar surface area (TPSA) is 46.6 Å². The number of benzene rings is 1. The van der Waals surface area contributed by atoms with Gasteiger partial charge in [0.05, 0.1) is 18.7 Å². The van der Waals surface area contributed by atoms with Crippen LogP contribution in [0, 0.1) is 5.82 Å². The van der Waals surface area contributed by atoms with Crippen LogP contribution in [0.4, 0.5) is 4.39 Å². The summed E-state index contributed by atoms with van der Waals surface area (Å²) in [6.45, 7) is 0.368. The monoisotopic (exact) mass is 283 g/mol. The summed E-state index contributed by atoms with van der Waals surface area (Å²) in [5.41, 5.74) is 0.521. The molecule has 0 aromatic heterocycles. The molecule has 1 aromatic rings. The minimum absolute atomic E-state index is 0.0998. The highest BCUT2D eigenvalue weighted by atomic mass is 35.5. The molecule has 0 bridgehead atoms. The molecular weight excluding hydrogens is 273 g/mol. The second kappa shape index (κ2) is 5.50. The van der Waals surface area contributed by atoms with Crippen molar-refractivity contribution < 1.29 is 18.7 Å². The number of ether oxygens (including phenoxy) is 1. The van der Waals surface area contributed by atoms with Crippen molar-refractivity contribution in [2.24, 2.45) is 0 Å². The van der Waals surface area contributed by atoms with Gasteiger partial charge in [-0.05, 0) is 17.7 Å². The summed E-state index contributed by atoms with van der Waals surface area (Å²) < 4.78 is 17.7. The Morgan fingerprint density at radius 3 is 2.42 bits per heavy atom. The molecule has 0 fully saturated rings. The fourth-order valence-corrected chi connectivity index (χ4v) is 2.09. The number of methoxy groups -OCH3 is 1. The van der Waals surface area contributed by atoms with E-state index in [9.17, 15) is 14.0 Å². The van der Waals surface area contributed by atoms with Crippen molar-refractivity contribution in [3.8, 4) is 0 Å². The van der Waals surface area contributed by atoms with E-state index < -0.39 is 17.6 Å². The molecule has 0 saturated carbocycles. The van der Waals surface area contributed by atoms with E-state index in [1.165, 1.54) is 31.4 Å². The van der Waals surface area contributed by atoms with Crippen LogP contribution in [0.15, 0.2) is 29.3 Å². The number of hydrogen-bond donors (Lipinski definition) is 0. The van der Waals surface area contributed by atoms with E-state index in [2.05, 4.69) is 0 Å². The molecule has 0 atom stereocenters. The first-order chi connectivity index (χ1) is 9.06.